The summed E-state index contributed by atoms with van der Waals surface area (Å²) in [6.45, 7) is 5.77. The first-order chi connectivity index (χ1) is 4.68. The number of likely N-dealkylation sites (tertiary alicyclic amines) is 1. The lowest BCUT2D eigenvalue weighted by molar-refractivity contribution is 0.296. The van der Waals surface area contributed by atoms with Crippen LogP contribution in [0.25, 0.3) is 0 Å². The molecule has 58 valence electrons. The summed E-state index contributed by atoms with van der Waals surface area (Å²) in [5.74, 6) is 1.84. The monoisotopic (exact) mass is 140 g/mol. The fourth-order valence-electron chi connectivity index (χ4n) is 2.48. The molecule has 0 radical (unpaired) electrons. The van der Waals surface area contributed by atoms with E-state index in [9.17, 15) is 0 Å². The van der Waals surface area contributed by atoms with Crippen LogP contribution >= 0.6 is 0 Å². The molecule has 2 atom stereocenters. The van der Waals surface area contributed by atoms with E-state index in [0.29, 0.717) is 5.41 Å². The molecular formula is C8H16N2. The van der Waals surface area contributed by atoms with Crippen molar-refractivity contribution in [1.29, 1.82) is 0 Å². The van der Waals surface area contributed by atoms with Crippen molar-refractivity contribution >= 4 is 0 Å². The fourth-order valence-corrected chi connectivity index (χ4v) is 2.48. The summed E-state index contributed by atoms with van der Waals surface area (Å²) in [7, 11) is 2.20. The van der Waals surface area contributed by atoms with Crippen LogP contribution in [0.3, 0.4) is 0 Å². The quantitative estimate of drug-likeness (QED) is 0.561. The zero-order chi connectivity index (χ0) is 7.35. The van der Waals surface area contributed by atoms with Gasteiger partial charge in [0.15, 0.2) is 0 Å². The molecule has 1 saturated carbocycles. The van der Waals surface area contributed by atoms with Crippen molar-refractivity contribution in [1.82, 2.24) is 4.90 Å². The van der Waals surface area contributed by atoms with Gasteiger partial charge in [-0.25, -0.2) is 0 Å². The van der Waals surface area contributed by atoms with E-state index in [1.54, 1.807) is 0 Å². The van der Waals surface area contributed by atoms with E-state index < -0.39 is 0 Å². The van der Waals surface area contributed by atoms with Crippen molar-refractivity contribution in [3.8, 4) is 0 Å². The van der Waals surface area contributed by atoms with Gasteiger partial charge in [0.05, 0.1) is 0 Å². The topological polar surface area (TPSA) is 29.3 Å². The first kappa shape index (κ1) is 6.62. The van der Waals surface area contributed by atoms with Crippen LogP contribution in [0.1, 0.15) is 6.92 Å². The van der Waals surface area contributed by atoms with Crippen molar-refractivity contribution in [3.63, 3.8) is 0 Å². The Morgan fingerprint density at radius 1 is 1.50 bits per heavy atom. The lowest BCUT2D eigenvalue weighted by Gasteiger charge is -2.18. The van der Waals surface area contributed by atoms with Crippen LogP contribution in [0.15, 0.2) is 0 Å². The zero-order valence-corrected chi connectivity index (χ0v) is 6.80. The summed E-state index contributed by atoms with van der Waals surface area (Å²) >= 11 is 0. The van der Waals surface area contributed by atoms with Crippen LogP contribution in [0.4, 0.5) is 0 Å². The normalized spacial score (nSPS) is 53.1. The number of hydrogen-bond donors (Lipinski definition) is 1. The molecule has 2 heteroatoms. The molecule has 0 aromatic heterocycles. The first-order valence-corrected chi connectivity index (χ1v) is 4.07. The molecule has 2 fully saturated rings. The van der Waals surface area contributed by atoms with E-state index in [-0.39, 0.29) is 0 Å². The second-order valence-corrected chi connectivity index (χ2v) is 4.14. The summed E-state index contributed by atoms with van der Waals surface area (Å²) < 4.78 is 0. The van der Waals surface area contributed by atoms with E-state index in [1.807, 2.05) is 0 Å². The minimum absolute atomic E-state index is 0.520. The Balaban J connectivity index is 2.02. The Labute approximate surface area is 62.4 Å². The lowest BCUT2D eigenvalue weighted by atomic mass is 10.0. The van der Waals surface area contributed by atoms with Gasteiger partial charge in [0.1, 0.15) is 0 Å². The third-order valence-electron chi connectivity index (χ3n) is 3.53. The molecule has 2 rings (SSSR count). The molecule has 1 heterocycles. The molecular weight excluding hydrogens is 124 g/mol. The number of hydrogen-bond acceptors (Lipinski definition) is 2. The molecule has 1 aliphatic carbocycles. The van der Waals surface area contributed by atoms with E-state index in [2.05, 4.69) is 18.9 Å². The number of nitrogens with two attached hydrogens (primary N) is 1. The third-order valence-corrected chi connectivity index (χ3v) is 3.53. The molecule has 0 amide bonds. The number of fused-ring (bicyclic) bond motifs is 1. The van der Waals surface area contributed by atoms with Gasteiger partial charge in [0.25, 0.3) is 0 Å². The van der Waals surface area contributed by atoms with Gasteiger partial charge in [-0.15, -0.1) is 0 Å². The molecule has 10 heavy (non-hydrogen) atoms. The second kappa shape index (κ2) is 1.74. The Morgan fingerprint density at radius 2 is 2.00 bits per heavy atom. The summed E-state index contributed by atoms with van der Waals surface area (Å²) in [5.41, 5.74) is 6.21. The van der Waals surface area contributed by atoms with Crippen LogP contribution in [0, 0.1) is 17.3 Å². The molecule has 0 aromatic rings. The molecule has 1 aliphatic heterocycles. The van der Waals surface area contributed by atoms with Gasteiger partial charge in [-0.1, -0.05) is 6.92 Å². The van der Waals surface area contributed by atoms with Crippen LogP contribution < -0.4 is 5.73 Å². The average Bonchev–Trinajstić information content (AvgIpc) is 2.28. The lowest BCUT2D eigenvalue weighted by Crippen LogP contribution is -2.27. The number of rotatable bonds is 1. The highest BCUT2D eigenvalue weighted by molar-refractivity contribution is 5.13. The predicted molar refractivity (Wildman–Crippen MR) is 41.6 cm³/mol. The summed E-state index contributed by atoms with van der Waals surface area (Å²) in [6.07, 6.45) is 0. The molecule has 0 spiro atoms. The highest BCUT2D eigenvalue weighted by atomic mass is 15.2. The van der Waals surface area contributed by atoms with E-state index >= 15 is 0 Å². The van der Waals surface area contributed by atoms with Gasteiger partial charge in [-0.05, 0) is 30.8 Å². The fraction of sp³-hybridized carbons (Fsp3) is 1.00. The van der Waals surface area contributed by atoms with Crippen LogP contribution in [-0.2, 0) is 0 Å². The Morgan fingerprint density at radius 3 is 2.40 bits per heavy atom. The summed E-state index contributed by atoms with van der Waals surface area (Å²) in [5, 5.41) is 0. The highest BCUT2D eigenvalue weighted by Gasteiger charge is 2.63. The molecule has 2 aliphatic rings. The van der Waals surface area contributed by atoms with Crippen molar-refractivity contribution < 1.29 is 0 Å². The van der Waals surface area contributed by atoms with Gasteiger partial charge in [0.2, 0.25) is 0 Å². The molecule has 2 unspecified atom stereocenters. The van der Waals surface area contributed by atoms with Gasteiger partial charge in [-0.3, -0.25) is 0 Å². The smallest absolute Gasteiger partial charge is 0.00159 e. The Hall–Kier alpha value is -0.0800. The molecule has 0 bridgehead atoms. The average molecular weight is 140 g/mol. The minimum Gasteiger partial charge on any atom is -0.330 e. The van der Waals surface area contributed by atoms with Gasteiger partial charge < -0.3 is 10.6 Å². The number of nitrogens with zero attached hydrogens (tertiary/aromatic N) is 1. The van der Waals surface area contributed by atoms with Gasteiger partial charge in [-0.2, -0.15) is 0 Å². The van der Waals surface area contributed by atoms with E-state index in [1.165, 1.54) is 13.1 Å². The molecule has 2 nitrogen and oxygen atoms in total. The zero-order valence-electron chi connectivity index (χ0n) is 6.80. The van der Waals surface area contributed by atoms with Gasteiger partial charge in [0, 0.05) is 13.1 Å². The standard InChI is InChI=1S/C8H16N2/c1-8(5-9)6-3-10(2)4-7(6)8/h6-7H,3-5,9H2,1-2H3. The third kappa shape index (κ3) is 0.611. The van der Waals surface area contributed by atoms with E-state index in [0.717, 1.165) is 18.4 Å². The second-order valence-electron chi connectivity index (χ2n) is 4.14. The highest BCUT2D eigenvalue weighted by Crippen LogP contribution is 2.61. The maximum atomic E-state index is 5.69. The van der Waals surface area contributed by atoms with Crippen LogP contribution in [-0.4, -0.2) is 31.6 Å². The summed E-state index contributed by atoms with van der Waals surface area (Å²) in [4.78, 5) is 2.41. The predicted octanol–water partition coefficient (Wildman–Crippen LogP) is 0.143. The van der Waals surface area contributed by atoms with Crippen LogP contribution in [0.5, 0.6) is 0 Å². The maximum Gasteiger partial charge on any atom is 0.00159 e. The van der Waals surface area contributed by atoms with E-state index in [4.69, 9.17) is 5.73 Å². The SMILES string of the molecule is CN1CC2C(C1)C2(C)CN. The van der Waals surface area contributed by atoms with Crippen LogP contribution in [0.2, 0.25) is 0 Å². The molecule has 1 saturated heterocycles. The van der Waals surface area contributed by atoms with Crippen molar-refractivity contribution in [3.05, 3.63) is 0 Å². The Kier molecular flexibility index (Phi) is 1.15. The largest absolute Gasteiger partial charge is 0.330 e. The van der Waals surface area contributed by atoms with Crippen molar-refractivity contribution in [2.75, 3.05) is 26.7 Å². The maximum absolute atomic E-state index is 5.69. The molecule has 0 aromatic carbocycles. The summed E-state index contributed by atoms with van der Waals surface area (Å²) in [6, 6.07) is 0. The Bertz CT molecular complexity index is 143. The number of piperidine rings is 1. The minimum atomic E-state index is 0.520. The molecule has 2 N–H and O–H groups in total. The van der Waals surface area contributed by atoms with Gasteiger partial charge >= 0.3 is 0 Å². The first-order valence-electron chi connectivity index (χ1n) is 4.07. The van der Waals surface area contributed by atoms with Crippen molar-refractivity contribution in [2.45, 2.75) is 6.92 Å². The van der Waals surface area contributed by atoms with Crippen molar-refractivity contribution in [2.24, 2.45) is 23.0 Å².